The highest BCUT2D eigenvalue weighted by atomic mass is 16.1. The molecule has 0 spiro atoms. The Morgan fingerprint density at radius 3 is 2.94 bits per heavy atom. The van der Waals surface area contributed by atoms with Gasteiger partial charge in [-0.15, -0.1) is 0 Å². The molecule has 2 heterocycles. The van der Waals surface area contributed by atoms with E-state index in [0.29, 0.717) is 11.9 Å². The fourth-order valence-electron chi connectivity index (χ4n) is 2.21. The van der Waals surface area contributed by atoms with Crippen LogP contribution in [0.15, 0.2) is 17.2 Å². The number of rotatable bonds is 4. The van der Waals surface area contributed by atoms with Crippen molar-refractivity contribution >= 4 is 5.82 Å². The van der Waals surface area contributed by atoms with Crippen molar-refractivity contribution in [3.63, 3.8) is 0 Å². The minimum atomic E-state index is -0.154. The van der Waals surface area contributed by atoms with Gasteiger partial charge in [0.1, 0.15) is 0 Å². The van der Waals surface area contributed by atoms with Crippen molar-refractivity contribution in [2.75, 3.05) is 25.0 Å². The quantitative estimate of drug-likeness (QED) is 0.820. The molecule has 1 unspecified atom stereocenters. The molecule has 1 aromatic heterocycles. The number of H-pyrrole nitrogens is 1. The zero-order valence-electron chi connectivity index (χ0n) is 10.3. The molecule has 1 atom stereocenters. The predicted octanol–water partition coefficient (Wildman–Crippen LogP) is 1.06. The average molecular weight is 236 g/mol. The SMILES string of the molecule is CC(CNc1ncc[nH]c1=O)N1CCCCC1. The van der Waals surface area contributed by atoms with E-state index >= 15 is 0 Å². The maximum atomic E-state index is 11.4. The fraction of sp³-hybridized carbons (Fsp3) is 0.667. The highest BCUT2D eigenvalue weighted by Crippen LogP contribution is 2.11. The van der Waals surface area contributed by atoms with Crippen molar-refractivity contribution in [1.82, 2.24) is 14.9 Å². The van der Waals surface area contributed by atoms with Gasteiger partial charge < -0.3 is 10.3 Å². The second kappa shape index (κ2) is 5.82. The first-order valence-electron chi connectivity index (χ1n) is 6.29. The second-order valence-electron chi connectivity index (χ2n) is 4.59. The van der Waals surface area contributed by atoms with E-state index in [-0.39, 0.29) is 5.56 Å². The molecule has 5 heteroatoms. The van der Waals surface area contributed by atoms with E-state index in [1.54, 1.807) is 12.4 Å². The molecule has 0 aliphatic carbocycles. The van der Waals surface area contributed by atoms with Crippen LogP contribution >= 0.6 is 0 Å². The molecule has 0 aromatic carbocycles. The molecule has 1 aliphatic rings. The number of piperidine rings is 1. The molecule has 0 saturated carbocycles. The molecule has 0 radical (unpaired) electrons. The largest absolute Gasteiger partial charge is 0.364 e. The zero-order chi connectivity index (χ0) is 12.1. The maximum absolute atomic E-state index is 11.4. The highest BCUT2D eigenvalue weighted by Gasteiger charge is 2.16. The summed E-state index contributed by atoms with van der Waals surface area (Å²) < 4.78 is 0. The second-order valence-corrected chi connectivity index (χ2v) is 4.59. The first-order valence-corrected chi connectivity index (χ1v) is 6.29. The lowest BCUT2D eigenvalue weighted by Crippen LogP contribution is -2.41. The summed E-state index contributed by atoms with van der Waals surface area (Å²) in [5.74, 6) is 0.413. The number of nitrogens with zero attached hydrogens (tertiary/aromatic N) is 2. The third-order valence-corrected chi connectivity index (χ3v) is 3.29. The van der Waals surface area contributed by atoms with Crippen molar-refractivity contribution in [2.24, 2.45) is 0 Å². The number of hydrogen-bond donors (Lipinski definition) is 2. The molecule has 1 aliphatic heterocycles. The zero-order valence-corrected chi connectivity index (χ0v) is 10.3. The standard InChI is InChI=1S/C12H20N4O/c1-10(16-7-3-2-4-8-16)9-15-11-12(17)14-6-5-13-11/h5-6,10H,2-4,7-9H2,1H3,(H,13,15)(H,14,17). The first-order chi connectivity index (χ1) is 8.27. The van der Waals surface area contributed by atoms with E-state index in [4.69, 9.17) is 0 Å². The smallest absolute Gasteiger partial charge is 0.290 e. The molecule has 0 bridgehead atoms. The Morgan fingerprint density at radius 1 is 1.47 bits per heavy atom. The lowest BCUT2D eigenvalue weighted by atomic mass is 10.1. The van der Waals surface area contributed by atoms with E-state index in [1.165, 1.54) is 32.4 Å². The summed E-state index contributed by atoms with van der Waals surface area (Å²) in [6, 6.07) is 0.441. The minimum Gasteiger partial charge on any atom is -0.364 e. The molecule has 94 valence electrons. The summed E-state index contributed by atoms with van der Waals surface area (Å²) in [4.78, 5) is 20.5. The van der Waals surface area contributed by atoms with Crippen LogP contribution < -0.4 is 10.9 Å². The van der Waals surface area contributed by atoms with Crippen molar-refractivity contribution in [3.8, 4) is 0 Å². The van der Waals surface area contributed by atoms with Crippen LogP contribution in [0.5, 0.6) is 0 Å². The summed E-state index contributed by atoms with van der Waals surface area (Å²) >= 11 is 0. The van der Waals surface area contributed by atoms with Crippen LogP contribution in [0, 0.1) is 0 Å². The topological polar surface area (TPSA) is 61.0 Å². The van der Waals surface area contributed by atoms with E-state index in [2.05, 4.69) is 27.1 Å². The molecule has 2 N–H and O–H groups in total. The number of likely N-dealkylation sites (tertiary alicyclic amines) is 1. The van der Waals surface area contributed by atoms with Crippen LogP contribution in [-0.4, -0.2) is 40.5 Å². The molecular formula is C12H20N4O. The van der Waals surface area contributed by atoms with Gasteiger partial charge in [-0.3, -0.25) is 9.69 Å². The number of hydrogen-bond acceptors (Lipinski definition) is 4. The van der Waals surface area contributed by atoms with Gasteiger partial charge >= 0.3 is 0 Å². The van der Waals surface area contributed by atoms with E-state index < -0.39 is 0 Å². The Kier molecular flexibility index (Phi) is 4.14. The number of anilines is 1. The summed E-state index contributed by atoms with van der Waals surface area (Å²) in [6.45, 7) is 5.29. The summed E-state index contributed by atoms with van der Waals surface area (Å²) in [7, 11) is 0. The average Bonchev–Trinajstić information content (AvgIpc) is 2.38. The van der Waals surface area contributed by atoms with Gasteiger partial charge in [0.25, 0.3) is 5.56 Å². The van der Waals surface area contributed by atoms with Gasteiger partial charge in [-0.05, 0) is 32.9 Å². The summed E-state index contributed by atoms with van der Waals surface area (Å²) in [5, 5.41) is 3.11. The lowest BCUT2D eigenvalue weighted by molar-refractivity contribution is 0.180. The van der Waals surface area contributed by atoms with Crippen LogP contribution in [0.4, 0.5) is 5.82 Å². The van der Waals surface area contributed by atoms with Gasteiger partial charge in [0.2, 0.25) is 0 Å². The van der Waals surface area contributed by atoms with Gasteiger partial charge in [-0.2, -0.15) is 0 Å². The van der Waals surface area contributed by atoms with Crippen LogP contribution in [0.2, 0.25) is 0 Å². The van der Waals surface area contributed by atoms with E-state index in [9.17, 15) is 4.79 Å². The van der Waals surface area contributed by atoms with Crippen molar-refractivity contribution in [3.05, 3.63) is 22.7 Å². The van der Waals surface area contributed by atoms with Crippen LogP contribution in [0.25, 0.3) is 0 Å². The number of aromatic nitrogens is 2. The number of nitrogens with one attached hydrogen (secondary N) is 2. The number of aromatic amines is 1. The third-order valence-electron chi connectivity index (χ3n) is 3.29. The predicted molar refractivity (Wildman–Crippen MR) is 68.2 cm³/mol. The molecule has 1 aromatic rings. The normalized spacial score (nSPS) is 18.9. The van der Waals surface area contributed by atoms with Gasteiger partial charge in [0, 0.05) is 25.0 Å². The van der Waals surface area contributed by atoms with Crippen LogP contribution in [0.1, 0.15) is 26.2 Å². The molecule has 1 fully saturated rings. The Bertz CT molecular complexity index is 397. The summed E-state index contributed by atoms with van der Waals surface area (Å²) in [6.07, 6.45) is 7.05. The van der Waals surface area contributed by atoms with E-state index in [0.717, 1.165) is 6.54 Å². The van der Waals surface area contributed by atoms with Crippen LogP contribution in [0.3, 0.4) is 0 Å². The molecule has 5 nitrogen and oxygen atoms in total. The Balaban J connectivity index is 1.85. The molecule has 0 amide bonds. The Hall–Kier alpha value is -1.36. The van der Waals surface area contributed by atoms with E-state index in [1.807, 2.05) is 0 Å². The van der Waals surface area contributed by atoms with Crippen molar-refractivity contribution < 1.29 is 0 Å². The Morgan fingerprint density at radius 2 is 2.24 bits per heavy atom. The van der Waals surface area contributed by atoms with Gasteiger partial charge in [0.15, 0.2) is 5.82 Å². The highest BCUT2D eigenvalue weighted by molar-refractivity contribution is 5.30. The van der Waals surface area contributed by atoms with Gasteiger partial charge in [0.05, 0.1) is 0 Å². The lowest BCUT2D eigenvalue weighted by Gasteiger charge is -2.32. The first kappa shape index (κ1) is 12.1. The monoisotopic (exact) mass is 236 g/mol. The molecule has 1 saturated heterocycles. The van der Waals surface area contributed by atoms with Gasteiger partial charge in [-0.1, -0.05) is 6.42 Å². The van der Waals surface area contributed by atoms with Crippen molar-refractivity contribution in [1.29, 1.82) is 0 Å². The maximum Gasteiger partial charge on any atom is 0.290 e. The summed E-state index contributed by atoms with van der Waals surface area (Å²) in [5.41, 5.74) is -0.154. The fourth-order valence-corrected chi connectivity index (χ4v) is 2.21. The molecular weight excluding hydrogens is 216 g/mol. The minimum absolute atomic E-state index is 0.154. The molecule has 17 heavy (non-hydrogen) atoms. The van der Waals surface area contributed by atoms with Crippen molar-refractivity contribution in [2.45, 2.75) is 32.2 Å². The van der Waals surface area contributed by atoms with Gasteiger partial charge in [-0.25, -0.2) is 4.98 Å². The molecule has 2 rings (SSSR count). The van der Waals surface area contributed by atoms with Crippen LogP contribution in [-0.2, 0) is 0 Å². The third kappa shape index (κ3) is 3.30. The Labute approximate surface area is 101 Å².